The lowest BCUT2D eigenvalue weighted by atomic mass is 9.99. The number of para-hydroxylation sites is 2. The van der Waals surface area contributed by atoms with Gasteiger partial charge < -0.3 is 9.47 Å². The van der Waals surface area contributed by atoms with Crippen LogP contribution in [0.15, 0.2) is 36.4 Å². The summed E-state index contributed by atoms with van der Waals surface area (Å²) < 4.78 is 2.06. The van der Waals surface area contributed by atoms with Gasteiger partial charge in [0, 0.05) is 20.1 Å². The van der Waals surface area contributed by atoms with E-state index in [1.807, 2.05) is 37.4 Å². The van der Waals surface area contributed by atoms with Crippen LogP contribution in [0.3, 0.4) is 0 Å². The van der Waals surface area contributed by atoms with Crippen molar-refractivity contribution in [3.8, 4) is 11.5 Å². The molecule has 0 amide bonds. The molecule has 0 unspecified atom stereocenters. The highest BCUT2D eigenvalue weighted by Gasteiger charge is 2.20. The molecular formula is C19H21ClN4. The largest absolute Gasteiger partial charge is 0.357 e. The summed E-state index contributed by atoms with van der Waals surface area (Å²) in [6, 6.07) is 12.1. The number of benzene rings is 1. The maximum absolute atomic E-state index is 6.46. The van der Waals surface area contributed by atoms with Gasteiger partial charge >= 0.3 is 0 Å². The molecule has 1 saturated heterocycles. The topological polar surface area (TPSA) is 34.0 Å². The van der Waals surface area contributed by atoms with Gasteiger partial charge in [-0.1, -0.05) is 30.7 Å². The molecule has 2 aromatic heterocycles. The summed E-state index contributed by atoms with van der Waals surface area (Å²) in [5, 5.41) is 0.641. The lowest BCUT2D eigenvalue weighted by Gasteiger charge is -2.31. The molecule has 0 bridgehead atoms. The van der Waals surface area contributed by atoms with Crippen molar-refractivity contribution in [3.05, 3.63) is 41.4 Å². The van der Waals surface area contributed by atoms with E-state index in [2.05, 4.69) is 22.5 Å². The van der Waals surface area contributed by atoms with E-state index < -0.39 is 0 Å². The number of hydrogen-bond acceptors (Lipinski definition) is 3. The Bertz CT molecular complexity index is 878. The number of nitrogens with zero attached hydrogens (tertiary/aromatic N) is 4. The molecule has 0 saturated carbocycles. The third-order valence-electron chi connectivity index (χ3n) is 4.94. The van der Waals surface area contributed by atoms with Gasteiger partial charge in [0.1, 0.15) is 11.5 Å². The molecular weight excluding hydrogens is 320 g/mol. The molecule has 1 aromatic carbocycles. The number of anilines is 1. The average molecular weight is 341 g/mol. The second-order valence-corrected chi connectivity index (χ2v) is 7.06. The van der Waals surface area contributed by atoms with Crippen molar-refractivity contribution in [1.29, 1.82) is 0 Å². The van der Waals surface area contributed by atoms with Gasteiger partial charge in [0.15, 0.2) is 5.82 Å². The van der Waals surface area contributed by atoms with Crippen molar-refractivity contribution in [2.75, 3.05) is 18.0 Å². The van der Waals surface area contributed by atoms with Crippen LogP contribution in [0.4, 0.5) is 5.82 Å². The number of halogens is 1. The van der Waals surface area contributed by atoms with Crippen molar-refractivity contribution in [3.63, 3.8) is 0 Å². The second-order valence-electron chi connectivity index (χ2n) is 6.65. The highest BCUT2D eigenvalue weighted by atomic mass is 35.5. The van der Waals surface area contributed by atoms with E-state index in [-0.39, 0.29) is 0 Å². The van der Waals surface area contributed by atoms with Gasteiger partial charge in [-0.05, 0) is 43.0 Å². The summed E-state index contributed by atoms with van der Waals surface area (Å²) in [6.45, 7) is 4.42. The van der Waals surface area contributed by atoms with Gasteiger partial charge in [0.05, 0.1) is 16.1 Å². The molecule has 3 heterocycles. The highest BCUT2D eigenvalue weighted by Crippen LogP contribution is 2.31. The minimum absolute atomic E-state index is 0.641. The maximum atomic E-state index is 6.46. The standard InChI is InChI=1S/C19H21ClN4/c1-13-9-11-24(12-10-13)17-8-7-14(20)18(22-17)19-21-15-5-3-4-6-16(15)23(19)2/h3-8,13H,9-12H2,1-2H3. The van der Waals surface area contributed by atoms with Gasteiger partial charge in [-0.15, -0.1) is 0 Å². The van der Waals surface area contributed by atoms with E-state index >= 15 is 0 Å². The van der Waals surface area contributed by atoms with Gasteiger partial charge in [-0.3, -0.25) is 0 Å². The minimum atomic E-state index is 0.641. The Morgan fingerprint density at radius 1 is 1.04 bits per heavy atom. The number of rotatable bonds is 2. The summed E-state index contributed by atoms with van der Waals surface area (Å²) in [6.07, 6.45) is 2.43. The molecule has 0 radical (unpaired) electrons. The van der Waals surface area contributed by atoms with Crippen molar-refractivity contribution in [1.82, 2.24) is 14.5 Å². The quantitative estimate of drug-likeness (QED) is 0.687. The zero-order valence-electron chi connectivity index (χ0n) is 14.0. The Morgan fingerprint density at radius 2 is 1.79 bits per heavy atom. The lowest BCUT2D eigenvalue weighted by Crippen LogP contribution is -2.33. The Kier molecular flexibility index (Phi) is 3.93. The van der Waals surface area contributed by atoms with E-state index in [9.17, 15) is 0 Å². The van der Waals surface area contributed by atoms with E-state index in [1.165, 1.54) is 12.8 Å². The Hall–Kier alpha value is -2.07. The molecule has 4 rings (SSSR count). The number of aryl methyl sites for hydroxylation is 1. The summed E-state index contributed by atoms with van der Waals surface area (Å²) in [5.74, 6) is 2.61. The number of hydrogen-bond donors (Lipinski definition) is 0. The van der Waals surface area contributed by atoms with Gasteiger partial charge in [0.25, 0.3) is 0 Å². The van der Waals surface area contributed by atoms with Crippen molar-refractivity contribution < 1.29 is 0 Å². The Labute approximate surface area is 147 Å². The van der Waals surface area contributed by atoms with Crippen LogP contribution < -0.4 is 4.90 Å². The molecule has 0 atom stereocenters. The van der Waals surface area contributed by atoms with E-state index in [4.69, 9.17) is 21.6 Å². The van der Waals surface area contributed by atoms with Gasteiger partial charge in [-0.25, -0.2) is 9.97 Å². The molecule has 4 nitrogen and oxygen atoms in total. The fourth-order valence-electron chi connectivity index (χ4n) is 3.36. The summed E-state index contributed by atoms with van der Waals surface area (Å²) in [5.41, 5.74) is 2.80. The van der Waals surface area contributed by atoms with Crippen LogP contribution in [-0.2, 0) is 7.05 Å². The first-order valence-electron chi connectivity index (χ1n) is 8.47. The fourth-order valence-corrected chi connectivity index (χ4v) is 3.55. The molecule has 1 aliphatic rings. The van der Waals surface area contributed by atoms with Crippen LogP contribution in [0.25, 0.3) is 22.6 Å². The van der Waals surface area contributed by atoms with Crippen LogP contribution in [0, 0.1) is 5.92 Å². The number of aromatic nitrogens is 3. The third kappa shape index (κ3) is 2.65. The van der Waals surface area contributed by atoms with Crippen LogP contribution in [0.1, 0.15) is 19.8 Å². The summed E-state index contributed by atoms with van der Waals surface area (Å²) in [4.78, 5) is 11.9. The smallest absolute Gasteiger partial charge is 0.161 e. The monoisotopic (exact) mass is 340 g/mol. The SMILES string of the molecule is CC1CCN(c2ccc(Cl)c(-c3nc4ccccc4n3C)n2)CC1. The van der Waals surface area contributed by atoms with Crippen molar-refractivity contribution in [2.24, 2.45) is 13.0 Å². The van der Waals surface area contributed by atoms with Crippen LogP contribution in [-0.4, -0.2) is 27.6 Å². The predicted octanol–water partition coefficient (Wildman–Crippen LogP) is 4.53. The van der Waals surface area contributed by atoms with Gasteiger partial charge in [0.2, 0.25) is 0 Å². The summed E-state index contributed by atoms with van der Waals surface area (Å²) >= 11 is 6.46. The predicted molar refractivity (Wildman–Crippen MR) is 99.6 cm³/mol. The zero-order valence-corrected chi connectivity index (χ0v) is 14.8. The van der Waals surface area contributed by atoms with E-state index in [0.29, 0.717) is 5.02 Å². The number of imidazole rings is 1. The van der Waals surface area contributed by atoms with Gasteiger partial charge in [-0.2, -0.15) is 0 Å². The molecule has 5 heteroatoms. The molecule has 0 N–H and O–H groups in total. The number of piperidine rings is 1. The molecule has 1 aliphatic heterocycles. The molecule has 0 aliphatic carbocycles. The van der Waals surface area contributed by atoms with Crippen LogP contribution >= 0.6 is 11.6 Å². The maximum Gasteiger partial charge on any atom is 0.161 e. The third-order valence-corrected chi connectivity index (χ3v) is 5.24. The Balaban J connectivity index is 1.77. The van der Waals surface area contributed by atoms with E-state index in [1.54, 1.807) is 0 Å². The average Bonchev–Trinajstić information content (AvgIpc) is 2.93. The summed E-state index contributed by atoms with van der Waals surface area (Å²) in [7, 11) is 2.01. The normalized spacial score (nSPS) is 16.0. The zero-order chi connectivity index (χ0) is 16.7. The lowest BCUT2D eigenvalue weighted by molar-refractivity contribution is 0.436. The minimum Gasteiger partial charge on any atom is -0.357 e. The molecule has 124 valence electrons. The first-order valence-corrected chi connectivity index (χ1v) is 8.84. The van der Waals surface area contributed by atoms with Crippen LogP contribution in [0.5, 0.6) is 0 Å². The van der Waals surface area contributed by atoms with Crippen LogP contribution in [0.2, 0.25) is 5.02 Å². The second kappa shape index (κ2) is 6.10. The first kappa shape index (κ1) is 15.5. The Morgan fingerprint density at radius 3 is 2.54 bits per heavy atom. The molecule has 1 fully saturated rings. The van der Waals surface area contributed by atoms with Crippen molar-refractivity contribution >= 4 is 28.5 Å². The highest BCUT2D eigenvalue weighted by molar-refractivity contribution is 6.33. The first-order chi connectivity index (χ1) is 11.6. The van der Waals surface area contributed by atoms with E-state index in [0.717, 1.165) is 47.4 Å². The number of pyridine rings is 1. The molecule has 0 spiro atoms. The fraction of sp³-hybridized carbons (Fsp3) is 0.368. The van der Waals surface area contributed by atoms with Crippen molar-refractivity contribution in [2.45, 2.75) is 19.8 Å². The number of fused-ring (bicyclic) bond motifs is 1. The molecule has 3 aromatic rings. The molecule has 24 heavy (non-hydrogen) atoms.